The Kier molecular flexibility index (Phi) is 4.43. The molecule has 0 amide bonds. The normalized spacial score (nSPS) is 28.5. The van der Waals surface area contributed by atoms with Crippen LogP contribution in [0.25, 0.3) is 0 Å². The zero-order chi connectivity index (χ0) is 13.9. The average molecular weight is 258 g/mol. The molecule has 1 aromatic rings. The second-order valence-electron chi connectivity index (χ2n) is 6.06. The highest BCUT2D eigenvalue weighted by atomic mass is 15.3. The maximum Gasteiger partial charge on any atom is 0.0561 e. The van der Waals surface area contributed by atoms with E-state index in [1.807, 2.05) is 6.08 Å². The predicted octanol–water partition coefficient (Wildman–Crippen LogP) is 3.02. The van der Waals surface area contributed by atoms with E-state index in [1.165, 1.54) is 5.56 Å². The van der Waals surface area contributed by atoms with Crippen LogP contribution in [0.2, 0.25) is 0 Å². The third-order valence-corrected chi connectivity index (χ3v) is 4.37. The van der Waals surface area contributed by atoms with Crippen LogP contribution in [0.1, 0.15) is 26.3 Å². The van der Waals surface area contributed by atoms with Crippen molar-refractivity contribution >= 4 is 0 Å². The van der Waals surface area contributed by atoms with Crippen molar-refractivity contribution in [1.29, 1.82) is 0 Å². The molecule has 104 valence electrons. The van der Waals surface area contributed by atoms with Gasteiger partial charge in [0.15, 0.2) is 0 Å². The molecule has 2 unspecified atom stereocenters. The molecule has 0 radical (unpaired) electrons. The standard InChI is InChI=1S/C17H26N2/c1-5-11-19-12-16(14(2)3)18-13-17(19,4)15-9-7-6-8-10-15/h5-10,14,16,18H,1,11-13H2,2-4H3. The molecule has 1 fully saturated rings. The molecule has 0 aliphatic carbocycles. The van der Waals surface area contributed by atoms with Gasteiger partial charge in [-0.25, -0.2) is 0 Å². The smallest absolute Gasteiger partial charge is 0.0561 e. The van der Waals surface area contributed by atoms with Crippen LogP contribution in [0.5, 0.6) is 0 Å². The number of rotatable bonds is 4. The number of benzene rings is 1. The van der Waals surface area contributed by atoms with Crippen molar-refractivity contribution in [3.05, 3.63) is 48.6 Å². The van der Waals surface area contributed by atoms with Gasteiger partial charge in [-0.05, 0) is 18.4 Å². The molecule has 1 aliphatic rings. The summed E-state index contributed by atoms with van der Waals surface area (Å²) in [6.45, 7) is 13.8. The summed E-state index contributed by atoms with van der Waals surface area (Å²) >= 11 is 0. The first-order chi connectivity index (χ1) is 9.08. The Morgan fingerprint density at radius 1 is 1.42 bits per heavy atom. The molecule has 1 saturated heterocycles. The zero-order valence-electron chi connectivity index (χ0n) is 12.4. The number of nitrogens with one attached hydrogen (secondary N) is 1. The first-order valence-corrected chi connectivity index (χ1v) is 7.23. The molecule has 1 N–H and O–H groups in total. The van der Waals surface area contributed by atoms with Gasteiger partial charge in [0, 0.05) is 25.7 Å². The Hall–Kier alpha value is -1.12. The second kappa shape index (κ2) is 5.89. The van der Waals surface area contributed by atoms with Crippen molar-refractivity contribution in [2.45, 2.75) is 32.4 Å². The van der Waals surface area contributed by atoms with Crippen molar-refractivity contribution < 1.29 is 0 Å². The van der Waals surface area contributed by atoms with Gasteiger partial charge in [-0.3, -0.25) is 4.90 Å². The lowest BCUT2D eigenvalue weighted by Crippen LogP contribution is -2.62. The van der Waals surface area contributed by atoms with Crippen LogP contribution < -0.4 is 5.32 Å². The van der Waals surface area contributed by atoms with Crippen LogP contribution in [0.15, 0.2) is 43.0 Å². The monoisotopic (exact) mass is 258 g/mol. The van der Waals surface area contributed by atoms with Crippen molar-refractivity contribution in [1.82, 2.24) is 10.2 Å². The number of nitrogens with zero attached hydrogens (tertiary/aromatic N) is 1. The van der Waals surface area contributed by atoms with Crippen molar-refractivity contribution in [3.8, 4) is 0 Å². The van der Waals surface area contributed by atoms with E-state index in [2.05, 4.69) is 67.9 Å². The van der Waals surface area contributed by atoms with Crippen molar-refractivity contribution in [2.75, 3.05) is 19.6 Å². The Labute approximate surface area is 117 Å². The summed E-state index contributed by atoms with van der Waals surface area (Å²) in [4.78, 5) is 2.55. The van der Waals surface area contributed by atoms with Crippen LogP contribution in [-0.4, -0.2) is 30.6 Å². The molecule has 1 aromatic carbocycles. The fourth-order valence-electron chi connectivity index (χ4n) is 2.91. The van der Waals surface area contributed by atoms with E-state index in [1.54, 1.807) is 0 Å². The van der Waals surface area contributed by atoms with E-state index in [4.69, 9.17) is 0 Å². The molecule has 0 aromatic heterocycles. The first-order valence-electron chi connectivity index (χ1n) is 7.23. The Bertz CT molecular complexity index is 413. The summed E-state index contributed by atoms with van der Waals surface area (Å²) in [5.74, 6) is 0.660. The molecular weight excluding hydrogens is 232 g/mol. The van der Waals surface area contributed by atoms with Crippen LogP contribution in [0.4, 0.5) is 0 Å². The minimum Gasteiger partial charge on any atom is -0.310 e. The molecule has 2 atom stereocenters. The summed E-state index contributed by atoms with van der Waals surface area (Å²) in [7, 11) is 0. The van der Waals surface area contributed by atoms with Gasteiger partial charge in [0.25, 0.3) is 0 Å². The molecule has 0 saturated carbocycles. The quantitative estimate of drug-likeness (QED) is 0.835. The number of hydrogen-bond donors (Lipinski definition) is 1. The molecule has 1 aliphatic heterocycles. The van der Waals surface area contributed by atoms with E-state index < -0.39 is 0 Å². The maximum atomic E-state index is 3.92. The molecule has 2 nitrogen and oxygen atoms in total. The van der Waals surface area contributed by atoms with Gasteiger partial charge in [0.2, 0.25) is 0 Å². The van der Waals surface area contributed by atoms with Crippen molar-refractivity contribution in [3.63, 3.8) is 0 Å². The van der Waals surface area contributed by atoms with Crippen LogP contribution in [-0.2, 0) is 5.54 Å². The Morgan fingerprint density at radius 2 is 2.11 bits per heavy atom. The number of piperazine rings is 1. The summed E-state index contributed by atoms with van der Waals surface area (Å²) in [5, 5.41) is 3.72. The molecule has 19 heavy (non-hydrogen) atoms. The van der Waals surface area contributed by atoms with Gasteiger partial charge in [-0.1, -0.05) is 50.3 Å². The fourth-order valence-corrected chi connectivity index (χ4v) is 2.91. The Balaban J connectivity index is 2.26. The molecule has 2 rings (SSSR count). The zero-order valence-corrected chi connectivity index (χ0v) is 12.4. The Morgan fingerprint density at radius 3 is 2.68 bits per heavy atom. The lowest BCUT2D eigenvalue weighted by Gasteiger charge is -2.49. The van der Waals surface area contributed by atoms with Gasteiger partial charge < -0.3 is 5.32 Å². The van der Waals surface area contributed by atoms with E-state index in [9.17, 15) is 0 Å². The third-order valence-electron chi connectivity index (χ3n) is 4.37. The van der Waals surface area contributed by atoms with Gasteiger partial charge >= 0.3 is 0 Å². The molecule has 1 heterocycles. The highest BCUT2D eigenvalue weighted by Gasteiger charge is 2.38. The van der Waals surface area contributed by atoms with Gasteiger partial charge in [-0.2, -0.15) is 0 Å². The minimum absolute atomic E-state index is 0.0564. The minimum atomic E-state index is 0.0564. The highest BCUT2D eigenvalue weighted by Crippen LogP contribution is 2.31. The van der Waals surface area contributed by atoms with Gasteiger partial charge in [0.05, 0.1) is 5.54 Å². The lowest BCUT2D eigenvalue weighted by molar-refractivity contribution is 0.0501. The SMILES string of the molecule is C=CCN1CC(C(C)C)NCC1(C)c1ccccc1. The first kappa shape index (κ1) is 14.3. The molecule has 0 spiro atoms. The highest BCUT2D eigenvalue weighted by molar-refractivity contribution is 5.25. The lowest BCUT2D eigenvalue weighted by atomic mass is 9.85. The van der Waals surface area contributed by atoms with Crippen LogP contribution in [0.3, 0.4) is 0 Å². The summed E-state index contributed by atoms with van der Waals surface area (Å²) in [5.41, 5.74) is 1.44. The third kappa shape index (κ3) is 2.90. The van der Waals surface area contributed by atoms with E-state index in [0.717, 1.165) is 19.6 Å². The number of hydrogen-bond acceptors (Lipinski definition) is 2. The van der Waals surface area contributed by atoms with Crippen LogP contribution in [0, 0.1) is 5.92 Å². The summed E-state index contributed by atoms with van der Waals surface area (Å²) in [6, 6.07) is 11.4. The van der Waals surface area contributed by atoms with E-state index >= 15 is 0 Å². The van der Waals surface area contributed by atoms with Gasteiger partial charge in [-0.15, -0.1) is 6.58 Å². The molecule has 0 bridgehead atoms. The van der Waals surface area contributed by atoms with Crippen LogP contribution >= 0.6 is 0 Å². The average Bonchev–Trinajstić information content (AvgIpc) is 2.42. The predicted molar refractivity (Wildman–Crippen MR) is 82.2 cm³/mol. The fraction of sp³-hybridized carbons (Fsp3) is 0.529. The summed E-state index contributed by atoms with van der Waals surface area (Å²) < 4.78 is 0. The molecule has 2 heteroatoms. The summed E-state index contributed by atoms with van der Waals surface area (Å²) in [6.07, 6.45) is 2.02. The second-order valence-corrected chi connectivity index (χ2v) is 6.06. The maximum absolute atomic E-state index is 3.92. The van der Waals surface area contributed by atoms with Gasteiger partial charge in [0.1, 0.15) is 0 Å². The van der Waals surface area contributed by atoms with E-state index in [0.29, 0.717) is 12.0 Å². The topological polar surface area (TPSA) is 15.3 Å². The molecular formula is C17H26N2. The van der Waals surface area contributed by atoms with E-state index in [-0.39, 0.29) is 5.54 Å². The van der Waals surface area contributed by atoms with Crippen molar-refractivity contribution in [2.24, 2.45) is 5.92 Å². The largest absolute Gasteiger partial charge is 0.310 e.